The van der Waals surface area contributed by atoms with Crippen LogP contribution in [0.4, 0.5) is 14.6 Å². The average molecular weight is 431 g/mol. The highest BCUT2D eigenvalue weighted by Crippen LogP contribution is 2.28. The Morgan fingerprint density at radius 3 is 2.90 bits per heavy atom. The van der Waals surface area contributed by atoms with Crippen LogP contribution in [0.3, 0.4) is 0 Å². The number of thiophene rings is 1. The molecular formula is C20H16F2N4OS2. The van der Waals surface area contributed by atoms with Crippen LogP contribution >= 0.6 is 22.7 Å². The van der Waals surface area contributed by atoms with Crippen LogP contribution in [0.5, 0.6) is 0 Å². The number of nitrogens with zero attached hydrogens (tertiary/aromatic N) is 3. The fourth-order valence-corrected chi connectivity index (χ4v) is 4.46. The van der Waals surface area contributed by atoms with E-state index in [0.29, 0.717) is 11.5 Å². The van der Waals surface area contributed by atoms with Crippen molar-refractivity contribution >= 4 is 34.4 Å². The number of carbonyl (C=O) groups excluding carboxylic acids is 1. The summed E-state index contributed by atoms with van der Waals surface area (Å²) >= 11 is 3.09. The highest BCUT2D eigenvalue weighted by Gasteiger charge is 2.15. The second-order valence-electron chi connectivity index (χ2n) is 6.42. The molecule has 3 heterocycles. The van der Waals surface area contributed by atoms with Crippen molar-refractivity contribution in [3.05, 3.63) is 75.7 Å². The van der Waals surface area contributed by atoms with E-state index in [4.69, 9.17) is 0 Å². The van der Waals surface area contributed by atoms with Crippen molar-refractivity contribution in [2.24, 2.45) is 0 Å². The molecule has 0 unspecified atom stereocenters. The lowest BCUT2D eigenvalue weighted by molar-refractivity contribution is -0.115. The highest BCUT2D eigenvalue weighted by atomic mass is 32.1. The van der Waals surface area contributed by atoms with Crippen LogP contribution in [0.25, 0.3) is 9.88 Å². The van der Waals surface area contributed by atoms with Crippen molar-refractivity contribution in [1.29, 1.82) is 0 Å². The Morgan fingerprint density at radius 2 is 2.10 bits per heavy atom. The molecule has 4 aromatic rings. The molecule has 0 fully saturated rings. The van der Waals surface area contributed by atoms with Crippen molar-refractivity contribution in [3.63, 3.8) is 0 Å². The molecule has 1 N–H and O–H groups in total. The SMILES string of the molecule is Cc1cnn(Cc2cc(F)ccc2F)c1NC(=O)Cc1csc(-c2cccs2)n1. The first-order valence-electron chi connectivity index (χ1n) is 8.74. The minimum Gasteiger partial charge on any atom is -0.310 e. The summed E-state index contributed by atoms with van der Waals surface area (Å²) in [5.74, 6) is -0.855. The third-order valence-corrected chi connectivity index (χ3v) is 6.16. The lowest BCUT2D eigenvalue weighted by atomic mass is 10.2. The van der Waals surface area contributed by atoms with Crippen LogP contribution in [0.2, 0.25) is 0 Å². The lowest BCUT2D eigenvalue weighted by Gasteiger charge is -2.11. The molecule has 0 atom stereocenters. The minimum atomic E-state index is -0.527. The predicted octanol–water partition coefficient (Wildman–Crippen LogP) is 4.88. The van der Waals surface area contributed by atoms with Crippen molar-refractivity contribution in [1.82, 2.24) is 14.8 Å². The average Bonchev–Trinajstić information content (AvgIpc) is 3.42. The van der Waals surface area contributed by atoms with Crippen LogP contribution in [0, 0.1) is 18.6 Å². The lowest BCUT2D eigenvalue weighted by Crippen LogP contribution is -2.19. The third-order valence-electron chi connectivity index (χ3n) is 4.23. The quantitative estimate of drug-likeness (QED) is 0.474. The molecule has 0 radical (unpaired) electrons. The van der Waals surface area contributed by atoms with Crippen LogP contribution in [0.15, 0.2) is 47.3 Å². The van der Waals surface area contributed by atoms with Crippen LogP contribution < -0.4 is 5.32 Å². The second kappa shape index (κ2) is 8.22. The van der Waals surface area contributed by atoms with Gasteiger partial charge in [0.05, 0.1) is 29.7 Å². The maximum Gasteiger partial charge on any atom is 0.231 e. The van der Waals surface area contributed by atoms with E-state index in [1.165, 1.54) is 16.0 Å². The second-order valence-corrected chi connectivity index (χ2v) is 8.22. The van der Waals surface area contributed by atoms with Gasteiger partial charge in [0, 0.05) is 16.5 Å². The Hall–Kier alpha value is -2.91. The van der Waals surface area contributed by atoms with Gasteiger partial charge in [-0.3, -0.25) is 4.79 Å². The summed E-state index contributed by atoms with van der Waals surface area (Å²) in [6.07, 6.45) is 1.69. The predicted molar refractivity (Wildman–Crippen MR) is 110 cm³/mol. The Kier molecular flexibility index (Phi) is 5.50. The summed E-state index contributed by atoms with van der Waals surface area (Å²) < 4.78 is 28.8. The number of rotatable bonds is 6. The van der Waals surface area contributed by atoms with Crippen molar-refractivity contribution < 1.29 is 13.6 Å². The van der Waals surface area contributed by atoms with Crippen molar-refractivity contribution in [3.8, 4) is 9.88 Å². The summed E-state index contributed by atoms with van der Waals surface area (Å²) in [6.45, 7) is 1.80. The molecule has 0 spiro atoms. The standard InChI is InChI=1S/C20H16F2N4OS2/c1-12-9-23-26(10-13-7-14(21)4-5-16(13)22)19(12)25-18(27)8-15-11-29-20(24-15)17-3-2-6-28-17/h2-7,9,11H,8,10H2,1H3,(H,25,27). The van der Waals surface area contributed by atoms with Crippen molar-refractivity contribution in [2.75, 3.05) is 5.32 Å². The maximum absolute atomic E-state index is 14.0. The zero-order chi connectivity index (χ0) is 20.4. The van der Waals surface area contributed by atoms with Gasteiger partial charge in [-0.1, -0.05) is 6.07 Å². The van der Waals surface area contributed by atoms with Gasteiger partial charge in [0.15, 0.2) is 0 Å². The molecule has 4 rings (SSSR count). The molecule has 0 saturated heterocycles. The molecule has 0 aliphatic carbocycles. The van der Waals surface area contributed by atoms with E-state index in [1.807, 2.05) is 22.9 Å². The van der Waals surface area contributed by atoms with E-state index in [2.05, 4.69) is 15.4 Å². The number of carbonyl (C=O) groups is 1. The number of amides is 1. The largest absolute Gasteiger partial charge is 0.310 e. The van der Waals surface area contributed by atoms with Crippen LogP contribution in [-0.4, -0.2) is 20.7 Å². The topological polar surface area (TPSA) is 59.8 Å². The zero-order valence-electron chi connectivity index (χ0n) is 15.4. The van der Waals surface area contributed by atoms with Gasteiger partial charge < -0.3 is 5.32 Å². The number of benzene rings is 1. The number of nitrogens with one attached hydrogen (secondary N) is 1. The highest BCUT2D eigenvalue weighted by molar-refractivity contribution is 7.20. The number of thiazole rings is 1. The Balaban J connectivity index is 1.47. The molecule has 0 bridgehead atoms. The molecular weight excluding hydrogens is 414 g/mol. The van der Waals surface area contributed by atoms with Gasteiger partial charge in [0.25, 0.3) is 0 Å². The van der Waals surface area contributed by atoms with E-state index >= 15 is 0 Å². The van der Waals surface area contributed by atoms with Gasteiger partial charge in [-0.25, -0.2) is 18.4 Å². The normalized spacial score (nSPS) is 11.0. The van der Waals surface area contributed by atoms with E-state index in [0.717, 1.165) is 33.6 Å². The zero-order valence-corrected chi connectivity index (χ0v) is 17.0. The monoisotopic (exact) mass is 430 g/mol. The van der Waals surface area contributed by atoms with Crippen LogP contribution in [0.1, 0.15) is 16.8 Å². The summed E-state index contributed by atoms with van der Waals surface area (Å²) in [5.41, 5.74) is 1.56. The first-order valence-corrected chi connectivity index (χ1v) is 10.5. The number of anilines is 1. The summed E-state index contributed by atoms with van der Waals surface area (Å²) in [7, 11) is 0. The molecule has 3 aromatic heterocycles. The first kappa shape index (κ1) is 19.4. The minimum absolute atomic E-state index is 0.00622. The number of hydrogen-bond acceptors (Lipinski definition) is 5. The van der Waals surface area contributed by atoms with E-state index < -0.39 is 11.6 Å². The molecule has 0 saturated carbocycles. The van der Waals surface area contributed by atoms with E-state index in [1.54, 1.807) is 24.5 Å². The number of hydrogen-bond donors (Lipinski definition) is 1. The molecule has 9 heteroatoms. The summed E-state index contributed by atoms with van der Waals surface area (Å²) in [4.78, 5) is 18.1. The number of halogens is 2. The Bertz CT molecular complexity index is 1150. The molecule has 5 nitrogen and oxygen atoms in total. The number of aryl methyl sites for hydroxylation is 1. The van der Waals surface area contributed by atoms with Crippen molar-refractivity contribution in [2.45, 2.75) is 19.9 Å². The molecule has 0 aliphatic heterocycles. The molecule has 1 amide bonds. The van der Waals surface area contributed by atoms with Gasteiger partial charge in [-0.05, 0) is 36.6 Å². The Labute approximate surface area is 173 Å². The van der Waals surface area contributed by atoms with E-state index in [-0.39, 0.29) is 24.4 Å². The van der Waals surface area contributed by atoms with Gasteiger partial charge in [0.2, 0.25) is 5.91 Å². The fraction of sp³-hybridized carbons (Fsp3) is 0.150. The molecule has 0 aliphatic rings. The van der Waals surface area contributed by atoms with Gasteiger partial charge >= 0.3 is 0 Å². The fourth-order valence-electron chi connectivity index (χ4n) is 2.83. The smallest absolute Gasteiger partial charge is 0.231 e. The molecule has 29 heavy (non-hydrogen) atoms. The van der Waals surface area contributed by atoms with Gasteiger partial charge in [-0.15, -0.1) is 22.7 Å². The van der Waals surface area contributed by atoms with E-state index in [9.17, 15) is 13.6 Å². The summed E-state index contributed by atoms with van der Waals surface area (Å²) in [6, 6.07) is 7.21. The van der Waals surface area contributed by atoms with Crippen LogP contribution in [-0.2, 0) is 17.8 Å². The molecule has 1 aromatic carbocycles. The summed E-state index contributed by atoms with van der Waals surface area (Å²) in [5, 5.41) is 11.7. The van der Waals surface area contributed by atoms with Gasteiger partial charge in [-0.2, -0.15) is 5.10 Å². The third kappa shape index (κ3) is 4.41. The first-order chi connectivity index (χ1) is 14.0. The molecule has 148 valence electrons. The maximum atomic E-state index is 14.0. The number of aromatic nitrogens is 3. The van der Waals surface area contributed by atoms with Gasteiger partial charge in [0.1, 0.15) is 22.5 Å². The Morgan fingerprint density at radius 1 is 1.24 bits per heavy atom.